The molecule has 17 heteroatoms. The highest BCUT2D eigenvalue weighted by Crippen LogP contribution is 2.25. The molecule has 31 heavy (non-hydrogen) atoms. The summed E-state index contributed by atoms with van der Waals surface area (Å²) in [5.74, 6) is -4.36. The summed E-state index contributed by atoms with van der Waals surface area (Å²) in [6.07, 6.45) is 0. The van der Waals surface area contributed by atoms with Crippen LogP contribution in [0.3, 0.4) is 0 Å². The number of carbonyl (C=O) groups excluding carboxylic acids is 4. The average Bonchev–Trinajstić information content (AvgIpc) is 3.16. The number of rotatable bonds is 9. The Hall–Kier alpha value is -2.82. The molecule has 0 unspecified atom stereocenters. The summed E-state index contributed by atoms with van der Waals surface area (Å²) in [7, 11) is -4.14. The first-order chi connectivity index (χ1) is 14.5. The zero-order valence-corrected chi connectivity index (χ0v) is 18.3. The molecule has 0 spiro atoms. The zero-order chi connectivity index (χ0) is 23.3. The van der Waals surface area contributed by atoms with Crippen molar-refractivity contribution in [1.82, 2.24) is 14.6 Å². The number of esters is 1. The minimum absolute atomic E-state index is 0.0474. The molecule has 0 aromatic carbocycles. The highest BCUT2D eigenvalue weighted by molar-refractivity contribution is 7.84. The fourth-order valence-electron chi connectivity index (χ4n) is 2.35. The van der Waals surface area contributed by atoms with Gasteiger partial charge in [0.2, 0.25) is 5.91 Å². The molecule has 2 atom stereocenters. The van der Waals surface area contributed by atoms with E-state index in [1.165, 1.54) is 5.38 Å². The SMILES string of the molecule is CCO/N=C(/C(=O)N[C@H]1C(=O)N(S(=O)(=O)O)[C@H]1C(=O)OC)c1csc(NC(=O)CCl)n1. The molecule has 1 saturated heterocycles. The van der Waals surface area contributed by atoms with Gasteiger partial charge in [-0.25, -0.2) is 9.78 Å². The van der Waals surface area contributed by atoms with Gasteiger partial charge in [0.25, 0.3) is 11.8 Å². The predicted octanol–water partition coefficient (Wildman–Crippen LogP) is -1.27. The van der Waals surface area contributed by atoms with Gasteiger partial charge in [-0.3, -0.25) is 18.9 Å². The number of thiazole rings is 1. The van der Waals surface area contributed by atoms with Crippen LogP contribution < -0.4 is 10.6 Å². The molecule has 1 aromatic heterocycles. The number of alkyl halides is 1. The fourth-order valence-corrected chi connectivity index (χ4v) is 3.96. The predicted molar refractivity (Wildman–Crippen MR) is 106 cm³/mol. The minimum atomic E-state index is -5.07. The Labute approximate surface area is 184 Å². The lowest BCUT2D eigenvalue weighted by Gasteiger charge is -2.41. The Morgan fingerprint density at radius 3 is 2.65 bits per heavy atom. The number of ether oxygens (including phenoxy) is 1. The lowest BCUT2D eigenvalue weighted by molar-refractivity contribution is -0.162. The molecule has 0 radical (unpaired) electrons. The molecule has 2 rings (SSSR count). The van der Waals surface area contributed by atoms with E-state index in [-0.39, 0.29) is 27.6 Å². The van der Waals surface area contributed by atoms with Crippen LogP contribution in [0.2, 0.25) is 0 Å². The summed E-state index contributed by atoms with van der Waals surface area (Å²) in [6.45, 7) is 1.65. The number of methoxy groups -OCH3 is 1. The van der Waals surface area contributed by atoms with E-state index in [1.807, 2.05) is 0 Å². The number of nitrogens with one attached hydrogen (secondary N) is 2. The van der Waals surface area contributed by atoms with Crippen LogP contribution in [0.4, 0.5) is 5.13 Å². The van der Waals surface area contributed by atoms with Crippen LogP contribution in [-0.2, 0) is 39.1 Å². The van der Waals surface area contributed by atoms with Crippen molar-refractivity contribution in [1.29, 1.82) is 0 Å². The Bertz CT molecular complexity index is 1030. The summed E-state index contributed by atoms with van der Waals surface area (Å²) in [5.41, 5.74) is -0.472. The maximum absolute atomic E-state index is 12.7. The molecular formula is C14H16ClN5O9S2. The lowest BCUT2D eigenvalue weighted by Crippen LogP contribution is -2.74. The van der Waals surface area contributed by atoms with Gasteiger partial charge in [0.1, 0.15) is 24.2 Å². The van der Waals surface area contributed by atoms with Crippen molar-refractivity contribution in [2.24, 2.45) is 5.16 Å². The van der Waals surface area contributed by atoms with Crippen molar-refractivity contribution in [3.63, 3.8) is 0 Å². The van der Waals surface area contributed by atoms with Crippen molar-refractivity contribution in [2.45, 2.75) is 19.0 Å². The number of nitrogens with zero attached hydrogens (tertiary/aromatic N) is 3. The first kappa shape index (κ1) is 24.4. The number of amides is 3. The first-order valence-corrected chi connectivity index (χ1v) is 11.1. The first-order valence-electron chi connectivity index (χ1n) is 8.26. The molecule has 1 aliphatic rings. The van der Waals surface area contributed by atoms with Gasteiger partial charge >= 0.3 is 16.3 Å². The molecule has 0 saturated carbocycles. The Morgan fingerprint density at radius 2 is 2.10 bits per heavy atom. The van der Waals surface area contributed by atoms with Crippen LogP contribution in [0.25, 0.3) is 0 Å². The van der Waals surface area contributed by atoms with Gasteiger partial charge in [-0.1, -0.05) is 5.16 Å². The monoisotopic (exact) mass is 497 g/mol. The topological polar surface area (TPSA) is 194 Å². The zero-order valence-electron chi connectivity index (χ0n) is 15.9. The van der Waals surface area contributed by atoms with Gasteiger partial charge in [0, 0.05) is 5.38 Å². The number of anilines is 1. The normalized spacial score (nSPS) is 18.8. The van der Waals surface area contributed by atoms with E-state index >= 15 is 0 Å². The average molecular weight is 498 g/mol. The summed E-state index contributed by atoms with van der Waals surface area (Å²) in [4.78, 5) is 56.9. The Morgan fingerprint density at radius 1 is 1.42 bits per heavy atom. The van der Waals surface area contributed by atoms with E-state index in [2.05, 4.69) is 25.5 Å². The minimum Gasteiger partial charge on any atom is -0.467 e. The Balaban J connectivity index is 2.27. The van der Waals surface area contributed by atoms with E-state index in [0.29, 0.717) is 0 Å². The standard InChI is InChI=1S/C14H16ClN5O9S2/c1-3-29-19-8(6-5-30-14(16-6)17-7(21)4-15)11(22)18-9-10(13(24)28-2)20(12(9)23)31(25,26)27/h5,9-10H,3-4H2,1-2H3,(H,18,22)(H,16,17,21)(H,25,26,27)/b19-8+/t9-,10-/m1/s1. The molecule has 1 aliphatic heterocycles. The van der Waals surface area contributed by atoms with Crippen LogP contribution in [0.1, 0.15) is 12.6 Å². The van der Waals surface area contributed by atoms with Crippen LogP contribution in [0.5, 0.6) is 0 Å². The second-order valence-corrected chi connectivity index (χ2v) is 8.02. The quantitative estimate of drug-likeness (QED) is 0.0924. The van der Waals surface area contributed by atoms with Crippen molar-refractivity contribution in [3.8, 4) is 0 Å². The number of hydrogen-bond acceptors (Lipinski definition) is 11. The van der Waals surface area contributed by atoms with Gasteiger partial charge in [0.05, 0.1) is 7.11 Å². The summed E-state index contributed by atoms with van der Waals surface area (Å²) in [5, 5.41) is 9.59. The highest BCUT2D eigenvalue weighted by atomic mass is 35.5. The van der Waals surface area contributed by atoms with Gasteiger partial charge < -0.3 is 20.2 Å². The molecule has 14 nitrogen and oxygen atoms in total. The number of aromatic nitrogens is 1. The molecule has 1 fully saturated rings. The molecule has 3 N–H and O–H groups in total. The van der Waals surface area contributed by atoms with E-state index < -0.39 is 51.8 Å². The smallest absolute Gasteiger partial charge is 0.363 e. The maximum atomic E-state index is 12.7. The highest BCUT2D eigenvalue weighted by Gasteiger charge is 2.58. The molecule has 0 aliphatic carbocycles. The van der Waals surface area contributed by atoms with Crippen molar-refractivity contribution in [3.05, 3.63) is 11.1 Å². The van der Waals surface area contributed by atoms with Crippen LogP contribution in [0.15, 0.2) is 10.5 Å². The molecule has 2 heterocycles. The van der Waals surface area contributed by atoms with E-state index in [0.717, 1.165) is 18.4 Å². The molecule has 1 aromatic rings. The van der Waals surface area contributed by atoms with Gasteiger partial charge in [0.15, 0.2) is 16.9 Å². The van der Waals surface area contributed by atoms with Gasteiger partial charge in [-0.2, -0.15) is 12.7 Å². The third-order valence-corrected chi connectivity index (χ3v) is 5.55. The summed E-state index contributed by atoms with van der Waals surface area (Å²) < 4.78 is 36.1. The maximum Gasteiger partial charge on any atom is 0.363 e. The van der Waals surface area contributed by atoms with Crippen LogP contribution in [0, 0.1) is 0 Å². The second-order valence-electron chi connectivity index (χ2n) is 5.61. The lowest BCUT2D eigenvalue weighted by atomic mass is 9.98. The van der Waals surface area contributed by atoms with E-state index in [9.17, 15) is 27.6 Å². The van der Waals surface area contributed by atoms with Crippen LogP contribution >= 0.6 is 22.9 Å². The van der Waals surface area contributed by atoms with E-state index in [4.69, 9.17) is 21.0 Å². The number of carbonyl (C=O) groups is 4. The second kappa shape index (κ2) is 9.99. The summed E-state index contributed by atoms with van der Waals surface area (Å²) in [6, 6.07) is -3.48. The van der Waals surface area contributed by atoms with Gasteiger partial charge in [-0.05, 0) is 6.92 Å². The van der Waals surface area contributed by atoms with E-state index in [1.54, 1.807) is 6.92 Å². The van der Waals surface area contributed by atoms with Gasteiger partial charge in [-0.15, -0.1) is 22.9 Å². The number of halogens is 1. The molecule has 0 bridgehead atoms. The molecule has 170 valence electrons. The van der Waals surface area contributed by atoms with Crippen molar-refractivity contribution >= 4 is 67.8 Å². The van der Waals surface area contributed by atoms with Crippen molar-refractivity contribution < 1.29 is 41.7 Å². The van der Waals surface area contributed by atoms with Crippen molar-refractivity contribution in [2.75, 3.05) is 24.9 Å². The molecular weight excluding hydrogens is 482 g/mol. The summed E-state index contributed by atoms with van der Waals surface area (Å²) >= 11 is 6.35. The molecule has 3 amide bonds. The third kappa shape index (κ3) is 5.46. The number of hydrogen-bond donors (Lipinski definition) is 3. The fraction of sp³-hybridized carbons (Fsp3) is 0.429. The van der Waals surface area contributed by atoms with Crippen LogP contribution in [-0.4, -0.2) is 83.3 Å². The largest absolute Gasteiger partial charge is 0.467 e. The Kier molecular flexibility index (Phi) is 7.88. The number of oxime groups is 1. The third-order valence-electron chi connectivity index (χ3n) is 3.64. The number of β-lactam (4-membered cyclic amide) rings is 1.